The van der Waals surface area contributed by atoms with Crippen LogP contribution in [0, 0.1) is 12.3 Å². The minimum atomic E-state index is -0.0871. The molecule has 0 spiro atoms. The first-order valence-corrected chi connectivity index (χ1v) is 8.57. The lowest BCUT2D eigenvalue weighted by Crippen LogP contribution is -2.54. The van der Waals surface area contributed by atoms with E-state index in [0.29, 0.717) is 18.8 Å². The fraction of sp³-hybridized carbons (Fsp3) is 0.474. The van der Waals surface area contributed by atoms with Gasteiger partial charge in [0, 0.05) is 25.3 Å². The van der Waals surface area contributed by atoms with E-state index in [0.717, 1.165) is 23.4 Å². The van der Waals surface area contributed by atoms with Gasteiger partial charge in [-0.25, -0.2) is 4.68 Å². The number of methoxy groups -OCH3 is 1. The van der Waals surface area contributed by atoms with Crippen LogP contribution in [0.2, 0.25) is 0 Å². The summed E-state index contributed by atoms with van der Waals surface area (Å²) in [7, 11) is 1.63. The Bertz CT molecular complexity index is 788. The molecule has 3 rings (SSSR count). The molecular formula is C19H27ClN4O2. The lowest BCUT2D eigenvalue weighted by atomic mass is 9.79. The Hall–Kier alpha value is -2.05. The molecule has 6 nitrogen and oxygen atoms in total. The standard InChI is InChI=1S/C19H26N4O2.ClH/c1-13-5-6-16(25-4)15(11-13)23-10-7-14(21-23)18(24)22-9-8-17(20)19(2,3)12-22;/h5-7,10-11,17H,8-9,12,20H2,1-4H3;1H. The Kier molecular flexibility index (Phi) is 5.98. The van der Waals surface area contributed by atoms with Gasteiger partial charge in [0.25, 0.3) is 5.91 Å². The molecular weight excluding hydrogens is 352 g/mol. The van der Waals surface area contributed by atoms with Crippen LogP contribution >= 0.6 is 12.4 Å². The molecule has 0 bridgehead atoms. The maximum atomic E-state index is 12.8. The molecule has 2 heterocycles. The molecule has 142 valence electrons. The number of piperidine rings is 1. The summed E-state index contributed by atoms with van der Waals surface area (Å²) in [6.07, 6.45) is 2.61. The molecule has 1 fully saturated rings. The number of likely N-dealkylation sites (tertiary alicyclic amines) is 1. The van der Waals surface area contributed by atoms with Crippen molar-refractivity contribution in [2.45, 2.75) is 33.2 Å². The van der Waals surface area contributed by atoms with Gasteiger partial charge in [-0.2, -0.15) is 5.10 Å². The van der Waals surface area contributed by atoms with Crippen molar-refractivity contribution < 1.29 is 9.53 Å². The van der Waals surface area contributed by atoms with Crippen molar-refractivity contribution in [3.05, 3.63) is 41.7 Å². The topological polar surface area (TPSA) is 73.4 Å². The van der Waals surface area contributed by atoms with E-state index in [2.05, 4.69) is 18.9 Å². The normalized spacial score (nSPS) is 19.0. The molecule has 1 aromatic heterocycles. The van der Waals surface area contributed by atoms with Crippen molar-refractivity contribution in [2.24, 2.45) is 11.1 Å². The Morgan fingerprint density at radius 3 is 2.73 bits per heavy atom. The average molecular weight is 379 g/mol. The van der Waals surface area contributed by atoms with E-state index in [4.69, 9.17) is 10.5 Å². The zero-order chi connectivity index (χ0) is 18.2. The molecule has 0 radical (unpaired) electrons. The molecule has 1 unspecified atom stereocenters. The Morgan fingerprint density at radius 2 is 2.08 bits per heavy atom. The first-order chi connectivity index (χ1) is 11.8. The second kappa shape index (κ2) is 7.68. The van der Waals surface area contributed by atoms with E-state index in [9.17, 15) is 4.79 Å². The van der Waals surface area contributed by atoms with Crippen LogP contribution in [0.3, 0.4) is 0 Å². The fourth-order valence-electron chi connectivity index (χ4n) is 3.26. The molecule has 1 saturated heterocycles. The van der Waals surface area contributed by atoms with Crippen molar-refractivity contribution in [3.63, 3.8) is 0 Å². The van der Waals surface area contributed by atoms with Gasteiger partial charge in [-0.15, -0.1) is 12.4 Å². The van der Waals surface area contributed by atoms with E-state index in [1.165, 1.54) is 0 Å². The molecule has 1 aromatic carbocycles. The van der Waals surface area contributed by atoms with Crippen LogP contribution in [0.25, 0.3) is 5.69 Å². The third-order valence-corrected chi connectivity index (χ3v) is 4.99. The van der Waals surface area contributed by atoms with Crippen molar-refractivity contribution in [1.29, 1.82) is 0 Å². The molecule has 7 heteroatoms. The van der Waals surface area contributed by atoms with E-state index >= 15 is 0 Å². The summed E-state index contributed by atoms with van der Waals surface area (Å²) in [4.78, 5) is 14.7. The first kappa shape index (κ1) is 20.3. The predicted octanol–water partition coefficient (Wildman–Crippen LogP) is 2.81. The van der Waals surface area contributed by atoms with E-state index in [-0.39, 0.29) is 29.8 Å². The van der Waals surface area contributed by atoms with Gasteiger partial charge in [-0.1, -0.05) is 19.9 Å². The molecule has 1 amide bonds. The first-order valence-electron chi connectivity index (χ1n) is 8.57. The van der Waals surface area contributed by atoms with Gasteiger partial charge in [0.15, 0.2) is 5.69 Å². The third-order valence-electron chi connectivity index (χ3n) is 4.99. The molecule has 2 N–H and O–H groups in total. The van der Waals surface area contributed by atoms with E-state index in [1.54, 1.807) is 24.1 Å². The number of amides is 1. The quantitative estimate of drug-likeness (QED) is 0.891. The van der Waals surface area contributed by atoms with E-state index in [1.807, 2.05) is 30.0 Å². The summed E-state index contributed by atoms with van der Waals surface area (Å²) in [5.41, 5.74) is 8.45. The number of ether oxygens (including phenoxy) is 1. The maximum Gasteiger partial charge on any atom is 0.274 e. The van der Waals surface area contributed by atoms with Gasteiger partial charge < -0.3 is 15.4 Å². The highest BCUT2D eigenvalue weighted by atomic mass is 35.5. The van der Waals surface area contributed by atoms with Crippen molar-refractivity contribution >= 4 is 18.3 Å². The highest BCUT2D eigenvalue weighted by molar-refractivity contribution is 5.92. The summed E-state index contributed by atoms with van der Waals surface area (Å²) < 4.78 is 7.10. The van der Waals surface area contributed by atoms with Gasteiger partial charge in [0.2, 0.25) is 0 Å². The van der Waals surface area contributed by atoms with Crippen LogP contribution in [0.15, 0.2) is 30.5 Å². The molecule has 26 heavy (non-hydrogen) atoms. The number of nitrogens with zero attached hydrogens (tertiary/aromatic N) is 3. The number of nitrogens with two attached hydrogens (primary N) is 1. The number of aromatic nitrogens is 2. The van der Waals surface area contributed by atoms with Gasteiger partial charge in [0.1, 0.15) is 11.4 Å². The lowest BCUT2D eigenvalue weighted by molar-refractivity contribution is 0.0527. The van der Waals surface area contributed by atoms with Gasteiger partial charge in [-0.05, 0) is 42.5 Å². The highest BCUT2D eigenvalue weighted by Crippen LogP contribution is 2.29. The summed E-state index contributed by atoms with van der Waals surface area (Å²) in [6, 6.07) is 7.75. The molecule has 0 saturated carbocycles. The number of benzene rings is 1. The van der Waals surface area contributed by atoms with Crippen molar-refractivity contribution in [1.82, 2.24) is 14.7 Å². The summed E-state index contributed by atoms with van der Waals surface area (Å²) >= 11 is 0. The number of hydrogen-bond donors (Lipinski definition) is 1. The Labute approximate surface area is 160 Å². The van der Waals surface area contributed by atoms with Crippen LogP contribution < -0.4 is 10.5 Å². The van der Waals surface area contributed by atoms with Crippen molar-refractivity contribution in [3.8, 4) is 11.4 Å². The zero-order valence-corrected chi connectivity index (χ0v) is 16.5. The number of carbonyl (C=O) groups excluding carboxylic acids is 1. The summed E-state index contributed by atoms with van der Waals surface area (Å²) in [5.74, 6) is 0.670. The van der Waals surface area contributed by atoms with Crippen LogP contribution in [0.4, 0.5) is 0 Å². The van der Waals surface area contributed by atoms with Crippen LogP contribution in [-0.4, -0.2) is 46.8 Å². The fourth-order valence-corrected chi connectivity index (χ4v) is 3.26. The number of aryl methyl sites for hydroxylation is 1. The lowest BCUT2D eigenvalue weighted by Gasteiger charge is -2.42. The molecule has 0 aliphatic carbocycles. The van der Waals surface area contributed by atoms with Crippen LogP contribution in [0.1, 0.15) is 36.3 Å². The zero-order valence-electron chi connectivity index (χ0n) is 15.7. The third kappa shape index (κ3) is 3.86. The maximum absolute atomic E-state index is 12.8. The second-order valence-electron chi connectivity index (χ2n) is 7.43. The molecule has 2 aromatic rings. The Balaban J connectivity index is 0.00000243. The van der Waals surface area contributed by atoms with Crippen molar-refractivity contribution in [2.75, 3.05) is 20.2 Å². The molecule has 1 aliphatic heterocycles. The van der Waals surface area contributed by atoms with Gasteiger partial charge in [-0.3, -0.25) is 4.79 Å². The van der Waals surface area contributed by atoms with Crippen LogP contribution in [-0.2, 0) is 0 Å². The smallest absolute Gasteiger partial charge is 0.274 e. The minimum absolute atomic E-state index is 0. The average Bonchev–Trinajstić information content (AvgIpc) is 3.06. The summed E-state index contributed by atoms with van der Waals surface area (Å²) in [5, 5.41) is 4.49. The second-order valence-corrected chi connectivity index (χ2v) is 7.43. The minimum Gasteiger partial charge on any atom is -0.494 e. The molecule has 1 atom stereocenters. The van der Waals surface area contributed by atoms with Gasteiger partial charge in [0.05, 0.1) is 7.11 Å². The number of halogens is 1. The highest BCUT2D eigenvalue weighted by Gasteiger charge is 2.36. The number of carbonyl (C=O) groups is 1. The summed E-state index contributed by atoms with van der Waals surface area (Å²) in [6.45, 7) is 7.54. The SMILES string of the molecule is COc1ccc(C)cc1-n1ccc(C(=O)N2CCC(N)C(C)(C)C2)n1.Cl. The predicted molar refractivity (Wildman–Crippen MR) is 104 cm³/mol. The monoisotopic (exact) mass is 378 g/mol. The number of rotatable bonds is 3. The largest absolute Gasteiger partial charge is 0.494 e. The van der Waals surface area contributed by atoms with E-state index < -0.39 is 0 Å². The molecule has 1 aliphatic rings. The van der Waals surface area contributed by atoms with Gasteiger partial charge >= 0.3 is 0 Å². The Morgan fingerprint density at radius 1 is 1.35 bits per heavy atom. The van der Waals surface area contributed by atoms with Crippen LogP contribution in [0.5, 0.6) is 5.75 Å². The number of hydrogen-bond acceptors (Lipinski definition) is 4.